The smallest absolute Gasteiger partial charge is 0.246 e. The molecule has 4 rings (SSSR count). The quantitative estimate of drug-likeness (QED) is 0.697. The lowest BCUT2D eigenvalue weighted by molar-refractivity contribution is -0.126. The number of hydrogen-bond acceptors (Lipinski definition) is 5. The van der Waals surface area contributed by atoms with Crippen LogP contribution < -0.4 is 9.80 Å². The van der Waals surface area contributed by atoms with Gasteiger partial charge in [0.05, 0.1) is 0 Å². The summed E-state index contributed by atoms with van der Waals surface area (Å²) in [5.74, 6) is 2.84. The third-order valence-electron chi connectivity index (χ3n) is 5.69. The maximum Gasteiger partial charge on any atom is 0.246 e. The van der Waals surface area contributed by atoms with Crippen molar-refractivity contribution in [3.05, 3.63) is 52.8 Å². The molecule has 0 bridgehead atoms. The fourth-order valence-corrected chi connectivity index (χ4v) is 4.11. The molecular weight excluding hydrogens is 398 g/mol. The molecular formula is C23H28ClN5O. The van der Waals surface area contributed by atoms with Crippen LogP contribution in [0.4, 0.5) is 11.6 Å². The highest BCUT2D eigenvalue weighted by molar-refractivity contribution is 6.30. The monoisotopic (exact) mass is 425 g/mol. The van der Waals surface area contributed by atoms with E-state index in [1.54, 1.807) is 6.08 Å². The van der Waals surface area contributed by atoms with Gasteiger partial charge in [-0.1, -0.05) is 23.7 Å². The van der Waals surface area contributed by atoms with E-state index in [1.807, 2.05) is 42.2 Å². The van der Waals surface area contributed by atoms with Crippen molar-refractivity contribution < 1.29 is 4.79 Å². The van der Waals surface area contributed by atoms with E-state index in [1.165, 1.54) is 19.3 Å². The first-order valence-corrected chi connectivity index (χ1v) is 11.0. The van der Waals surface area contributed by atoms with Crippen molar-refractivity contribution in [3.8, 4) is 0 Å². The van der Waals surface area contributed by atoms with E-state index in [2.05, 4.69) is 25.8 Å². The average molecular weight is 426 g/mol. The van der Waals surface area contributed by atoms with Crippen LogP contribution in [-0.4, -0.2) is 60.0 Å². The number of carbonyl (C=O) groups excluding carboxylic acids is 1. The van der Waals surface area contributed by atoms with E-state index in [0.29, 0.717) is 18.1 Å². The van der Waals surface area contributed by atoms with Crippen molar-refractivity contribution in [1.82, 2.24) is 14.9 Å². The number of aromatic nitrogens is 2. The number of carbonyl (C=O) groups is 1. The number of amides is 1. The van der Waals surface area contributed by atoms with Crippen molar-refractivity contribution in [1.29, 1.82) is 0 Å². The minimum Gasteiger partial charge on any atom is -0.356 e. The molecule has 1 aromatic carbocycles. The topological polar surface area (TPSA) is 52.6 Å². The molecule has 0 saturated carbocycles. The molecule has 6 nitrogen and oxygen atoms in total. The summed E-state index contributed by atoms with van der Waals surface area (Å²) in [5.41, 5.74) is 0.966. The Bertz CT molecular complexity index is 900. The Kier molecular flexibility index (Phi) is 6.53. The lowest BCUT2D eigenvalue weighted by Crippen LogP contribution is -2.48. The number of anilines is 2. The number of benzene rings is 1. The van der Waals surface area contributed by atoms with Gasteiger partial charge in [0.2, 0.25) is 5.91 Å². The average Bonchev–Trinajstić information content (AvgIpc) is 2.79. The number of piperidine rings is 1. The van der Waals surface area contributed by atoms with Gasteiger partial charge < -0.3 is 14.7 Å². The molecule has 0 N–H and O–H groups in total. The Labute approximate surface area is 183 Å². The number of nitrogens with zero attached hydrogens (tertiary/aromatic N) is 5. The third kappa shape index (κ3) is 5.11. The summed E-state index contributed by atoms with van der Waals surface area (Å²) in [7, 11) is 0. The summed E-state index contributed by atoms with van der Waals surface area (Å²) in [4.78, 5) is 28.4. The maximum atomic E-state index is 12.6. The van der Waals surface area contributed by atoms with Gasteiger partial charge in [-0.3, -0.25) is 4.79 Å². The van der Waals surface area contributed by atoms with E-state index in [4.69, 9.17) is 11.6 Å². The second-order valence-electron chi connectivity index (χ2n) is 7.88. The Morgan fingerprint density at radius 1 is 0.900 bits per heavy atom. The number of aryl methyl sites for hydroxylation is 1. The van der Waals surface area contributed by atoms with Crippen LogP contribution in [0, 0.1) is 6.92 Å². The molecule has 0 unspecified atom stereocenters. The minimum absolute atomic E-state index is 0.0393. The maximum absolute atomic E-state index is 12.6. The Morgan fingerprint density at radius 3 is 2.13 bits per heavy atom. The van der Waals surface area contributed by atoms with Crippen molar-refractivity contribution in [2.24, 2.45) is 0 Å². The second-order valence-corrected chi connectivity index (χ2v) is 8.31. The highest BCUT2D eigenvalue weighted by Gasteiger charge is 2.22. The van der Waals surface area contributed by atoms with Gasteiger partial charge in [0.25, 0.3) is 0 Å². The molecule has 1 aromatic heterocycles. The van der Waals surface area contributed by atoms with Crippen LogP contribution in [0.15, 0.2) is 36.4 Å². The predicted molar refractivity (Wildman–Crippen MR) is 122 cm³/mol. The molecule has 0 atom stereocenters. The van der Waals surface area contributed by atoms with Crippen LogP contribution >= 0.6 is 11.6 Å². The SMILES string of the molecule is Cc1nc(N2CCCCC2)cc(N2CCN(C(=O)/C=C/c3ccc(Cl)cc3)CC2)n1. The van der Waals surface area contributed by atoms with Gasteiger partial charge in [-0.15, -0.1) is 0 Å². The van der Waals surface area contributed by atoms with E-state index in [0.717, 1.165) is 49.2 Å². The van der Waals surface area contributed by atoms with Crippen molar-refractivity contribution in [3.63, 3.8) is 0 Å². The lowest BCUT2D eigenvalue weighted by Gasteiger charge is -2.35. The number of halogens is 1. The molecule has 3 heterocycles. The first-order valence-electron chi connectivity index (χ1n) is 10.7. The Morgan fingerprint density at radius 2 is 1.50 bits per heavy atom. The first-order chi connectivity index (χ1) is 14.6. The van der Waals surface area contributed by atoms with Crippen molar-refractivity contribution in [2.75, 3.05) is 49.1 Å². The molecule has 2 aromatic rings. The zero-order valence-electron chi connectivity index (χ0n) is 17.4. The van der Waals surface area contributed by atoms with Gasteiger partial charge in [-0.05, 0) is 50.0 Å². The number of rotatable bonds is 4. The largest absolute Gasteiger partial charge is 0.356 e. The first kappa shape index (κ1) is 20.7. The van der Waals surface area contributed by atoms with Gasteiger partial charge in [-0.2, -0.15) is 0 Å². The molecule has 0 spiro atoms. The Hall–Kier alpha value is -2.60. The molecule has 0 radical (unpaired) electrons. The fourth-order valence-electron chi connectivity index (χ4n) is 3.99. The molecule has 1 amide bonds. The van der Waals surface area contributed by atoms with Crippen molar-refractivity contribution >= 4 is 35.2 Å². The predicted octanol–water partition coefficient (Wildman–Crippen LogP) is 3.79. The van der Waals surface area contributed by atoms with Crippen LogP contribution in [0.3, 0.4) is 0 Å². The summed E-state index contributed by atoms with van der Waals surface area (Å²) in [5, 5.41) is 0.693. The summed E-state index contributed by atoms with van der Waals surface area (Å²) in [6.07, 6.45) is 7.23. The molecule has 2 fully saturated rings. The minimum atomic E-state index is 0.0393. The third-order valence-corrected chi connectivity index (χ3v) is 5.95. The molecule has 2 aliphatic heterocycles. The molecule has 30 heavy (non-hydrogen) atoms. The van der Waals surface area contributed by atoms with Crippen LogP contribution in [0.1, 0.15) is 30.7 Å². The van der Waals surface area contributed by atoms with Gasteiger partial charge in [0, 0.05) is 56.4 Å². The highest BCUT2D eigenvalue weighted by Crippen LogP contribution is 2.23. The molecule has 2 aliphatic rings. The van der Waals surface area contributed by atoms with Crippen LogP contribution in [-0.2, 0) is 4.79 Å². The second kappa shape index (κ2) is 9.47. The fraction of sp³-hybridized carbons (Fsp3) is 0.435. The number of hydrogen-bond donors (Lipinski definition) is 0. The van der Waals surface area contributed by atoms with Crippen LogP contribution in [0.2, 0.25) is 5.02 Å². The summed E-state index contributed by atoms with van der Waals surface area (Å²) in [6.45, 7) is 7.01. The van der Waals surface area contributed by atoms with E-state index >= 15 is 0 Å². The van der Waals surface area contributed by atoms with Gasteiger partial charge in [-0.25, -0.2) is 9.97 Å². The Balaban J connectivity index is 1.36. The normalized spacial score (nSPS) is 17.6. The zero-order valence-corrected chi connectivity index (χ0v) is 18.2. The van der Waals surface area contributed by atoms with E-state index in [-0.39, 0.29) is 5.91 Å². The molecule has 2 saturated heterocycles. The summed E-state index contributed by atoms with van der Waals surface area (Å²) in [6, 6.07) is 9.57. The zero-order chi connectivity index (χ0) is 20.9. The van der Waals surface area contributed by atoms with E-state index < -0.39 is 0 Å². The summed E-state index contributed by atoms with van der Waals surface area (Å²) < 4.78 is 0. The van der Waals surface area contributed by atoms with Gasteiger partial charge >= 0.3 is 0 Å². The lowest BCUT2D eigenvalue weighted by atomic mass is 10.1. The highest BCUT2D eigenvalue weighted by atomic mass is 35.5. The van der Waals surface area contributed by atoms with Gasteiger partial charge in [0.1, 0.15) is 17.5 Å². The molecule has 158 valence electrons. The van der Waals surface area contributed by atoms with Crippen molar-refractivity contribution in [2.45, 2.75) is 26.2 Å². The number of piperazine rings is 1. The van der Waals surface area contributed by atoms with Gasteiger partial charge in [0.15, 0.2) is 0 Å². The van der Waals surface area contributed by atoms with E-state index in [9.17, 15) is 4.79 Å². The molecule has 7 heteroatoms. The summed E-state index contributed by atoms with van der Waals surface area (Å²) >= 11 is 5.91. The molecule has 0 aliphatic carbocycles. The van der Waals surface area contributed by atoms with Crippen LogP contribution in [0.5, 0.6) is 0 Å². The standard InChI is InChI=1S/C23H28ClN5O/c1-18-25-21(27-11-3-2-4-12-27)17-22(26-18)28-13-15-29(16-14-28)23(30)10-7-19-5-8-20(24)9-6-19/h5-10,17H,2-4,11-16H2,1H3/b10-7+. The van der Waals surface area contributed by atoms with Crippen LogP contribution in [0.25, 0.3) is 6.08 Å².